The Hall–Kier alpha value is -2.32. The van der Waals surface area contributed by atoms with Crippen LogP contribution in [-0.4, -0.2) is 61.7 Å². The lowest BCUT2D eigenvalue weighted by molar-refractivity contribution is -0.131. The summed E-state index contributed by atoms with van der Waals surface area (Å²) in [4.78, 5) is 22.1. The standard InChI is InChI=1S/C35H58O7/c1-7-9-10-29(34(40)23-14-25(3)11-18-30(36)8-2)17-20-31(37)19-15-27(5)32(38)21-12-26(4)13-22-33(39)28(6)16-24-35(41)42/h11-14,16,18,22,24,27-29,31-34,37-40H,7-10,15,17,19-21,23H2,1-6H3,(H,41,42)/b18-11+,22-13+,24-16+,25-14+,26-12+. The predicted molar refractivity (Wildman–Crippen MR) is 171 cm³/mol. The fourth-order valence-electron chi connectivity index (χ4n) is 4.48. The number of aliphatic hydroxyl groups is 4. The Morgan fingerprint density at radius 3 is 1.90 bits per heavy atom. The van der Waals surface area contributed by atoms with E-state index in [9.17, 15) is 30.0 Å². The molecule has 0 bridgehead atoms. The lowest BCUT2D eigenvalue weighted by Crippen LogP contribution is -2.23. The summed E-state index contributed by atoms with van der Waals surface area (Å²) in [5.41, 5.74) is 1.85. The van der Waals surface area contributed by atoms with E-state index < -0.39 is 30.4 Å². The minimum Gasteiger partial charge on any atom is -0.478 e. The van der Waals surface area contributed by atoms with Gasteiger partial charge in [-0.05, 0) is 76.7 Å². The van der Waals surface area contributed by atoms with Gasteiger partial charge < -0.3 is 25.5 Å². The van der Waals surface area contributed by atoms with Crippen LogP contribution in [0.25, 0.3) is 0 Å². The van der Waals surface area contributed by atoms with Gasteiger partial charge in [-0.1, -0.05) is 88.1 Å². The molecule has 0 aliphatic heterocycles. The number of hydrogen-bond acceptors (Lipinski definition) is 6. The SMILES string of the molecule is CCCCC(CCC(O)CCC(C)C(O)C/C=C(C)/C=C/C(O)C(C)/C=C/C(=O)O)C(O)C/C=C(C)/C=C/C(=O)CC. The number of rotatable bonds is 23. The number of hydrogen-bond donors (Lipinski definition) is 5. The van der Waals surface area contributed by atoms with Crippen LogP contribution >= 0.6 is 0 Å². The molecular weight excluding hydrogens is 532 g/mol. The second-order valence-electron chi connectivity index (χ2n) is 11.7. The quantitative estimate of drug-likeness (QED) is 0.0679. The summed E-state index contributed by atoms with van der Waals surface area (Å²) in [7, 11) is 0. The highest BCUT2D eigenvalue weighted by Crippen LogP contribution is 2.25. The van der Waals surface area contributed by atoms with Crippen molar-refractivity contribution in [2.45, 2.75) is 130 Å². The number of aliphatic carboxylic acids is 1. The van der Waals surface area contributed by atoms with Crippen molar-refractivity contribution in [1.29, 1.82) is 0 Å². The molecule has 0 fully saturated rings. The monoisotopic (exact) mass is 590 g/mol. The molecule has 240 valence electrons. The van der Waals surface area contributed by atoms with Crippen LogP contribution in [0.3, 0.4) is 0 Å². The van der Waals surface area contributed by atoms with E-state index in [0.29, 0.717) is 38.5 Å². The largest absolute Gasteiger partial charge is 0.478 e. The van der Waals surface area contributed by atoms with Crippen LogP contribution in [0.15, 0.2) is 59.8 Å². The third kappa shape index (κ3) is 19.7. The van der Waals surface area contributed by atoms with Crippen LogP contribution in [0.5, 0.6) is 0 Å². The zero-order chi connectivity index (χ0) is 32.1. The van der Waals surface area contributed by atoms with Crippen LogP contribution in [0.1, 0.15) is 106 Å². The summed E-state index contributed by atoms with van der Waals surface area (Å²) in [5.74, 6) is -1.20. The van der Waals surface area contributed by atoms with E-state index in [1.54, 1.807) is 31.2 Å². The van der Waals surface area contributed by atoms with E-state index >= 15 is 0 Å². The number of carbonyl (C=O) groups is 2. The van der Waals surface area contributed by atoms with Crippen molar-refractivity contribution in [3.05, 3.63) is 59.8 Å². The van der Waals surface area contributed by atoms with Gasteiger partial charge in [-0.3, -0.25) is 4.79 Å². The molecule has 0 aliphatic carbocycles. The van der Waals surface area contributed by atoms with Crippen molar-refractivity contribution in [3.63, 3.8) is 0 Å². The number of carbonyl (C=O) groups excluding carboxylic acids is 1. The van der Waals surface area contributed by atoms with Gasteiger partial charge in [0.15, 0.2) is 5.78 Å². The maximum absolute atomic E-state index is 11.5. The normalized spacial score (nSPS) is 18.3. The Bertz CT molecular complexity index is 914. The van der Waals surface area contributed by atoms with Crippen LogP contribution in [0.2, 0.25) is 0 Å². The van der Waals surface area contributed by atoms with Gasteiger partial charge in [0.2, 0.25) is 0 Å². The lowest BCUT2D eigenvalue weighted by atomic mass is 9.87. The van der Waals surface area contributed by atoms with E-state index in [1.807, 2.05) is 39.8 Å². The maximum Gasteiger partial charge on any atom is 0.327 e. The van der Waals surface area contributed by atoms with Crippen LogP contribution in [0, 0.1) is 17.8 Å². The number of ketones is 1. The molecule has 0 rings (SSSR count). The third-order valence-electron chi connectivity index (χ3n) is 7.84. The summed E-state index contributed by atoms with van der Waals surface area (Å²) in [6.45, 7) is 11.5. The molecule has 0 aromatic rings. The second-order valence-corrected chi connectivity index (χ2v) is 11.7. The Morgan fingerprint density at radius 1 is 0.714 bits per heavy atom. The zero-order valence-electron chi connectivity index (χ0n) is 26.8. The first kappa shape index (κ1) is 39.7. The van der Waals surface area contributed by atoms with Crippen LogP contribution in [0.4, 0.5) is 0 Å². The van der Waals surface area contributed by atoms with Crippen molar-refractivity contribution in [2.24, 2.45) is 17.8 Å². The second kappa shape index (κ2) is 23.2. The number of unbranched alkanes of at least 4 members (excludes halogenated alkanes) is 1. The number of carboxylic acids is 1. The Morgan fingerprint density at radius 2 is 1.31 bits per heavy atom. The van der Waals surface area contributed by atoms with Gasteiger partial charge in [-0.15, -0.1) is 0 Å². The van der Waals surface area contributed by atoms with Crippen molar-refractivity contribution in [2.75, 3.05) is 0 Å². The fourth-order valence-corrected chi connectivity index (χ4v) is 4.48. The summed E-state index contributed by atoms with van der Waals surface area (Å²) >= 11 is 0. The van der Waals surface area contributed by atoms with Gasteiger partial charge in [0.05, 0.1) is 24.4 Å². The Kier molecular flexibility index (Phi) is 21.9. The molecule has 0 spiro atoms. The average Bonchev–Trinajstić information content (AvgIpc) is 2.97. The molecule has 0 amide bonds. The highest BCUT2D eigenvalue weighted by Gasteiger charge is 2.21. The van der Waals surface area contributed by atoms with Crippen molar-refractivity contribution >= 4 is 11.8 Å². The zero-order valence-corrected chi connectivity index (χ0v) is 26.8. The van der Waals surface area contributed by atoms with Crippen LogP contribution in [-0.2, 0) is 9.59 Å². The molecule has 0 saturated carbocycles. The van der Waals surface area contributed by atoms with E-state index in [-0.39, 0.29) is 23.5 Å². The first-order valence-electron chi connectivity index (χ1n) is 15.7. The summed E-state index contributed by atoms with van der Waals surface area (Å²) in [6.07, 6.45) is 17.8. The molecule has 7 nitrogen and oxygen atoms in total. The number of aliphatic hydroxyl groups excluding tert-OH is 4. The maximum atomic E-state index is 11.5. The lowest BCUT2D eigenvalue weighted by Gasteiger charge is -2.24. The molecule has 7 unspecified atom stereocenters. The smallest absolute Gasteiger partial charge is 0.327 e. The molecular formula is C35H58O7. The van der Waals surface area contributed by atoms with Gasteiger partial charge in [0.1, 0.15) is 0 Å². The van der Waals surface area contributed by atoms with Crippen LogP contribution < -0.4 is 0 Å². The van der Waals surface area contributed by atoms with Crippen molar-refractivity contribution < 1.29 is 35.1 Å². The first-order chi connectivity index (χ1) is 19.8. The topological polar surface area (TPSA) is 135 Å². The Labute approximate surface area is 254 Å². The van der Waals surface area contributed by atoms with Gasteiger partial charge >= 0.3 is 5.97 Å². The highest BCUT2D eigenvalue weighted by molar-refractivity contribution is 5.89. The average molecular weight is 591 g/mol. The molecule has 0 aliphatic rings. The van der Waals surface area contributed by atoms with Gasteiger partial charge in [0.25, 0.3) is 0 Å². The molecule has 0 aromatic heterocycles. The van der Waals surface area contributed by atoms with E-state index in [0.717, 1.165) is 42.9 Å². The molecule has 7 atom stereocenters. The summed E-state index contributed by atoms with van der Waals surface area (Å²) in [6, 6.07) is 0. The van der Waals surface area contributed by atoms with E-state index in [4.69, 9.17) is 5.11 Å². The van der Waals surface area contributed by atoms with Crippen molar-refractivity contribution in [1.82, 2.24) is 0 Å². The highest BCUT2D eigenvalue weighted by atomic mass is 16.4. The molecule has 0 radical (unpaired) electrons. The minimum absolute atomic E-state index is 0.00156. The fraction of sp³-hybridized carbons (Fsp3) is 0.657. The van der Waals surface area contributed by atoms with E-state index in [2.05, 4.69) is 6.92 Å². The molecule has 0 saturated heterocycles. The van der Waals surface area contributed by atoms with Gasteiger partial charge in [-0.25, -0.2) is 4.79 Å². The molecule has 42 heavy (non-hydrogen) atoms. The number of allylic oxidation sites excluding steroid dienone is 5. The summed E-state index contributed by atoms with van der Waals surface area (Å²) in [5, 5.41) is 51.0. The first-order valence-corrected chi connectivity index (χ1v) is 15.7. The molecule has 0 aromatic carbocycles. The third-order valence-corrected chi connectivity index (χ3v) is 7.84. The predicted octanol–water partition coefficient (Wildman–Crippen LogP) is 6.47. The van der Waals surface area contributed by atoms with Crippen molar-refractivity contribution in [3.8, 4) is 0 Å². The molecule has 0 heterocycles. The van der Waals surface area contributed by atoms with Gasteiger partial charge in [0, 0.05) is 18.4 Å². The number of carboxylic acid groups (broad SMARTS) is 1. The molecule has 5 N–H and O–H groups in total. The Balaban J connectivity index is 4.73. The van der Waals surface area contributed by atoms with Gasteiger partial charge in [-0.2, -0.15) is 0 Å². The summed E-state index contributed by atoms with van der Waals surface area (Å²) < 4.78 is 0. The van der Waals surface area contributed by atoms with E-state index in [1.165, 1.54) is 6.08 Å². The molecule has 7 heteroatoms. The minimum atomic E-state index is -1.05.